The molecule has 0 saturated carbocycles. The van der Waals surface area contributed by atoms with E-state index in [0.29, 0.717) is 32.5 Å². The summed E-state index contributed by atoms with van der Waals surface area (Å²) in [6.45, 7) is 8.08. The van der Waals surface area contributed by atoms with Crippen LogP contribution in [0.25, 0.3) is 0 Å². The third kappa shape index (κ3) is 76.0. The summed E-state index contributed by atoms with van der Waals surface area (Å²) in [5, 5.41) is 23.2. The minimum Gasteiger partial charge on any atom is -0.469 e. The van der Waals surface area contributed by atoms with Crippen LogP contribution in [0.4, 0.5) is 0 Å². The quantitative estimate of drug-likeness (QED) is 0.0309. The lowest BCUT2D eigenvalue weighted by molar-refractivity contribution is -0.146. The van der Waals surface area contributed by atoms with Gasteiger partial charge in [-0.3, -0.25) is 14.4 Å². The Morgan fingerprint density at radius 2 is 0.478 bits per heavy atom. The summed E-state index contributed by atoms with van der Waals surface area (Å²) in [5.74, 6) is -0.229. The van der Waals surface area contributed by atoms with E-state index in [2.05, 4.69) is 25.5 Å². The highest BCUT2D eigenvalue weighted by Crippen LogP contribution is 2.16. The molecule has 0 aliphatic carbocycles. The molecule has 404 valence electrons. The van der Waals surface area contributed by atoms with E-state index in [4.69, 9.17) is 24.8 Å². The Labute approximate surface area is 417 Å². The van der Waals surface area contributed by atoms with Crippen molar-refractivity contribution in [2.75, 3.05) is 40.6 Å². The van der Waals surface area contributed by atoms with Crippen molar-refractivity contribution in [2.24, 2.45) is 0 Å². The maximum atomic E-state index is 11.9. The van der Waals surface area contributed by atoms with Crippen LogP contribution in [0.1, 0.15) is 316 Å². The molecule has 67 heavy (non-hydrogen) atoms. The van der Waals surface area contributed by atoms with Gasteiger partial charge in [0.1, 0.15) is 0 Å². The van der Waals surface area contributed by atoms with Crippen molar-refractivity contribution in [3.8, 4) is 0 Å². The van der Waals surface area contributed by atoms with Crippen molar-refractivity contribution in [2.45, 2.75) is 316 Å². The van der Waals surface area contributed by atoms with Crippen LogP contribution in [0, 0.1) is 0 Å². The summed E-state index contributed by atoms with van der Waals surface area (Å²) in [5.41, 5.74) is 0. The molecule has 0 unspecified atom stereocenters. The smallest absolute Gasteiger partial charge is 0.305 e. The fourth-order valence-electron chi connectivity index (χ4n) is 7.91. The van der Waals surface area contributed by atoms with E-state index in [1.165, 1.54) is 225 Å². The second-order valence-corrected chi connectivity index (χ2v) is 18.9. The number of aliphatic hydroxyl groups excluding tert-OH is 3. The number of hydrogen-bond acceptors (Lipinski definition) is 9. The Hall–Kier alpha value is -1.71. The number of carbonyl (C=O) groups is 3. The second kappa shape index (κ2) is 70.8. The van der Waals surface area contributed by atoms with Crippen molar-refractivity contribution < 1.29 is 43.9 Å². The van der Waals surface area contributed by atoms with Gasteiger partial charge in [-0.1, -0.05) is 252 Å². The SMILES string of the molecule is CCCCCCCCCCCCCCCC(=O)OC.CCCCCCCCCCCCCCCC(=O)OCCCCOC(=O)CCCCCCCCCCCCCCC.CO.OCCCCO. The lowest BCUT2D eigenvalue weighted by Gasteiger charge is -2.07. The first-order chi connectivity index (χ1) is 32.9. The molecule has 0 amide bonds. The molecular weight excluding hydrogens is 841 g/mol. The molecule has 3 N–H and O–H groups in total. The van der Waals surface area contributed by atoms with Crippen LogP contribution >= 0.6 is 0 Å². The largest absolute Gasteiger partial charge is 0.469 e. The first-order valence-electron chi connectivity index (χ1n) is 29.0. The van der Waals surface area contributed by atoms with Crippen molar-refractivity contribution in [1.29, 1.82) is 0 Å². The van der Waals surface area contributed by atoms with Gasteiger partial charge in [0, 0.05) is 39.6 Å². The lowest BCUT2D eigenvalue weighted by Crippen LogP contribution is -2.08. The van der Waals surface area contributed by atoms with E-state index in [1.54, 1.807) is 0 Å². The van der Waals surface area contributed by atoms with Gasteiger partial charge < -0.3 is 29.5 Å². The lowest BCUT2D eigenvalue weighted by atomic mass is 10.0. The monoisotopic (exact) mass is 959 g/mol. The zero-order valence-corrected chi connectivity index (χ0v) is 45.6. The van der Waals surface area contributed by atoms with E-state index in [0.717, 1.165) is 64.9 Å². The van der Waals surface area contributed by atoms with Gasteiger partial charge in [-0.2, -0.15) is 0 Å². The molecule has 0 heterocycles. The van der Waals surface area contributed by atoms with Crippen molar-refractivity contribution in [1.82, 2.24) is 0 Å². The van der Waals surface area contributed by atoms with E-state index in [-0.39, 0.29) is 31.1 Å². The molecule has 0 saturated heterocycles. The highest BCUT2D eigenvalue weighted by molar-refractivity contribution is 5.69. The molecule has 9 heteroatoms. The number of unbranched alkanes of at least 4 members (excludes halogenated alkanes) is 38. The summed E-state index contributed by atoms with van der Waals surface area (Å²) in [6.07, 6.45) is 56.1. The first-order valence-corrected chi connectivity index (χ1v) is 29.0. The number of esters is 3. The predicted octanol–water partition coefficient (Wildman–Crippen LogP) is 16.8. The van der Waals surface area contributed by atoms with E-state index in [9.17, 15) is 14.4 Å². The minimum absolute atomic E-state index is 0.0666. The molecule has 0 fully saturated rings. The van der Waals surface area contributed by atoms with Crippen molar-refractivity contribution in [3.05, 3.63) is 0 Å². The fraction of sp³-hybridized carbons (Fsp3) is 0.948. The second-order valence-electron chi connectivity index (χ2n) is 18.9. The Morgan fingerprint density at radius 1 is 0.284 bits per heavy atom. The van der Waals surface area contributed by atoms with Crippen LogP contribution < -0.4 is 0 Å². The van der Waals surface area contributed by atoms with E-state index < -0.39 is 0 Å². The van der Waals surface area contributed by atoms with Gasteiger partial charge >= 0.3 is 17.9 Å². The highest BCUT2D eigenvalue weighted by Gasteiger charge is 2.05. The molecule has 0 bridgehead atoms. The minimum atomic E-state index is -0.0810. The molecule has 0 atom stereocenters. The first kappa shape index (κ1) is 71.8. The number of carbonyl (C=O) groups excluding carboxylic acids is 3. The molecule has 0 radical (unpaired) electrons. The normalized spacial score (nSPS) is 10.6. The maximum Gasteiger partial charge on any atom is 0.305 e. The Balaban J connectivity index is -0.000000604. The Morgan fingerprint density at radius 3 is 0.672 bits per heavy atom. The number of rotatable bonds is 50. The Bertz CT molecular complexity index is 849. The average Bonchev–Trinajstić information content (AvgIpc) is 3.34. The summed E-state index contributed by atoms with van der Waals surface area (Å²) < 4.78 is 15.3. The zero-order valence-electron chi connectivity index (χ0n) is 45.6. The third-order valence-corrected chi connectivity index (χ3v) is 12.3. The van der Waals surface area contributed by atoms with Crippen LogP contribution in [0.3, 0.4) is 0 Å². The molecule has 0 aromatic rings. The van der Waals surface area contributed by atoms with E-state index in [1.807, 2.05) is 0 Å². The van der Waals surface area contributed by atoms with Crippen LogP contribution in [0.2, 0.25) is 0 Å². The molecule has 0 aromatic heterocycles. The fourth-order valence-corrected chi connectivity index (χ4v) is 7.91. The van der Waals surface area contributed by atoms with Crippen molar-refractivity contribution in [3.63, 3.8) is 0 Å². The Kier molecular flexibility index (Phi) is 76.0. The molecule has 0 aliphatic rings. The average molecular weight is 960 g/mol. The molecule has 9 nitrogen and oxygen atoms in total. The summed E-state index contributed by atoms with van der Waals surface area (Å²) in [7, 11) is 2.46. The maximum absolute atomic E-state index is 11.9. The molecule has 0 aliphatic heterocycles. The van der Waals surface area contributed by atoms with Crippen LogP contribution in [-0.2, 0) is 28.6 Å². The van der Waals surface area contributed by atoms with Crippen molar-refractivity contribution >= 4 is 17.9 Å². The number of hydrogen-bond donors (Lipinski definition) is 3. The molecule has 0 rings (SSSR count). The summed E-state index contributed by atoms with van der Waals surface area (Å²) >= 11 is 0. The standard InChI is InChI=1S/C36H70O4.C17H34O2.C4H10O2.CH4O/c1-3-5-7-9-11-13-15-17-19-21-23-25-27-31-35(37)39-33-29-30-34-40-36(38)32-28-26-24-22-20-18-16-14-12-10-8-6-4-2;1-3-4-5-6-7-8-9-10-11-12-13-14-15-16-17(18)19-2;5-3-1-2-4-6;1-2/h3-34H2,1-2H3;3-16H2,1-2H3;5-6H,1-4H2;2H,1H3. The molecule has 0 aromatic carbocycles. The van der Waals surface area contributed by atoms with Crippen LogP contribution in [-0.4, -0.2) is 73.9 Å². The topological polar surface area (TPSA) is 140 Å². The molecule has 0 spiro atoms. The summed E-state index contributed by atoms with van der Waals surface area (Å²) in [4.78, 5) is 34.7. The summed E-state index contributed by atoms with van der Waals surface area (Å²) in [6, 6.07) is 0. The van der Waals surface area contributed by atoms with Gasteiger partial charge in [-0.25, -0.2) is 0 Å². The predicted molar refractivity (Wildman–Crippen MR) is 286 cm³/mol. The number of aliphatic hydroxyl groups is 3. The van der Waals surface area contributed by atoms with Gasteiger partial charge in [-0.05, 0) is 44.9 Å². The van der Waals surface area contributed by atoms with Gasteiger partial charge in [0.2, 0.25) is 0 Å². The molecular formula is C58H118O9. The number of ether oxygens (including phenoxy) is 3. The highest BCUT2D eigenvalue weighted by atomic mass is 16.5. The van der Waals surface area contributed by atoms with E-state index >= 15 is 0 Å². The van der Waals surface area contributed by atoms with Crippen LogP contribution in [0.5, 0.6) is 0 Å². The van der Waals surface area contributed by atoms with Gasteiger partial charge in [0.05, 0.1) is 20.3 Å². The van der Waals surface area contributed by atoms with Gasteiger partial charge in [0.25, 0.3) is 0 Å². The third-order valence-electron chi connectivity index (χ3n) is 12.3. The van der Waals surface area contributed by atoms with Gasteiger partial charge in [0.15, 0.2) is 0 Å². The van der Waals surface area contributed by atoms with Crippen LogP contribution in [0.15, 0.2) is 0 Å². The zero-order chi connectivity index (χ0) is 50.2. The van der Waals surface area contributed by atoms with Gasteiger partial charge in [-0.15, -0.1) is 0 Å². The number of methoxy groups -OCH3 is 1.